The average molecular weight is 719 g/mol. The maximum atomic E-state index is 13.3. The summed E-state index contributed by atoms with van der Waals surface area (Å²) in [6.07, 6.45) is -8.45. The number of anilines is 1. The van der Waals surface area contributed by atoms with Gasteiger partial charge in [0.15, 0.2) is 5.78 Å². The Morgan fingerprint density at radius 2 is 1.44 bits per heavy atom. The summed E-state index contributed by atoms with van der Waals surface area (Å²) in [5, 5.41) is 11.9. The summed E-state index contributed by atoms with van der Waals surface area (Å²) in [5.41, 5.74) is -0.171. The topological polar surface area (TPSA) is 85.8 Å². The average Bonchev–Trinajstić information content (AvgIpc) is 3.46. The molecule has 0 N–H and O–H groups in total. The number of hydrogen-bond acceptors (Lipinski definition) is 8. The molecule has 2 heterocycles. The number of aliphatic carboxylic acids is 1. The highest BCUT2D eigenvalue weighted by Gasteiger charge is 2.31. The number of halogens is 6. The molecule has 0 spiro atoms. The fourth-order valence-electron chi connectivity index (χ4n) is 5.49. The monoisotopic (exact) mass is 718 g/mol. The van der Waals surface area contributed by atoms with Gasteiger partial charge in [0.2, 0.25) is 0 Å². The second kappa shape index (κ2) is 14.4. The van der Waals surface area contributed by atoms with E-state index in [0.29, 0.717) is 78.0 Å². The van der Waals surface area contributed by atoms with E-state index in [9.17, 15) is 41.0 Å². The highest BCUT2D eigenvalue weighted by Crippen LogP contribution is 2.35. The predicted octanol–water partition coefficient (Wildman–Crippen LogP) is 7.20. The molecular formula is C36H34F6N3O4S-. The van der Waals surface area contributed by atoms with Crippen molar-refractivity contribution in [2.45, 2.75) is 58.1 Å². The number of carboxylic acid groups (broad SMARTS) is 1. The summed E-state index contributed by atoms with van der Waals surface area (Å²) in [4.78, 5) is 34.4. The molecule has 4 aromatic rings. The molecule has 1 aliphatic heterocycles. The summed E-state index contributed by atoms with van der Waals surface area (Å²) in [6.45, 7) is 7.16. The van der Waals surface area contributed by atoms with Crippen molar-refractivity contribution in [2.24, 2.45) is 0 Å². The van der Waals surface area contributed by atoms with Crippen LogP contribution in [0.15, 0.2) is 66.7 Å². The maximum Gasteiger partial charge on any atom is 0.416 e. The molecule has 0 amide bonds. The number of aromatic nitrogens is 1. The fraction of sp³-hybridized carbons (Fsp3) is 0.361. The zero-order chi connectivity index (χ0) is 36.4. The quantitative estimate of drug-likeness (QED) is 0.120. The second-order valence-corrected chi connectivity index (χ2v) is 13.7. The Morgan fingerprint density at radius 3 is 1.98 bits per heavy atom. The SMILES string of the molecule is Cc1cc(C(=O)CCc2sc(-c3ccc(C(F)(F)F)cc3)nc2CN2CCN(c3ccc(C(F)(F)F)cc3)CC2)ccc1OC(C)(C)C(=O)[O-]. The van der Waals surface area contributed by atoms with Crippen LogP contribution in [0.2, 0.25) is 0 Å². The van der Waals surface area contributed by atoms with E-state index >= 15 is 0 Å². The van der Waals surface area contributed by atoms with Crippen LogP contribution < -0.4 is 14.7 Å². The molecule has 0 aliphatic carbocycles. The lowest BCUT2D eigenvalue weighted by Gasteiger charge is -2.36. The van der Waals surface area contributed by atoms with E-state index in [0.717, 1.165) is 29.1 Å². The summed E-state index contributed by atoms with van der Waals surface area (Å²) < 4.78 is 84.1. The van der Waals surface area contributed by atoms with E-state index in [4.69, 9.17) is 9.72 Å². The molecule has 1 fully saturated rings. The molecule has 0 bridgehead atoms. The number of carbonyl (C=O) groups is 2. The number of Topliss-reactive ketones (excluding diaryl/α,β-unsaturated/α-hetero) is 1. The van der Waals surface area contributed by atoms with E-state index in [1.54, 1.807) is 25.1 Å². The van der Waals surface area contributed by atoms with Crippen LogP contribution in [0.25, 0.3) is 10.6 Å². The van der Waals surface area contributed by atoms with Crippen molar-refractivity contribution in [3.05, 3.63) is 99.6 Å². The van der Waals surface area contributed by atoms with Gasteiger partial charge in [0.1, 0.15) is 16.4 Å². The van der Waals surface area contributed by atoms with Crippen molar-refractivity contribution in [1.29, 1.82) is 0 Å². The van der Waals surface area contributed by atoms with E-state index in [1.165, 1.54) is 49.4 Å². The van der Waals surface area contributed by atoms with Crippen LogP contribution in [0, 0.1) is 6.92 Å². The van der Waals surface area contributed by atoms with Gasteiger partial charge in [-0.25, -0.2) is 4.98 Å². The molecule has 1 aromatic heterocycles. The molecule has 1 aliphatic rings. The molecule has 266 valence electrons. The third-order valence-corrected chi connectivity index (χ3v) is 9.68. The van der Waals surface area contributed by atoms with E-state index in [-0.39, 0.29) is 12.2 Å². The first-order valence-corrected chi connectivity index (χ1v) is 16.6. The number of rotatable bonds is 11. The zero-order valence-electron chi connectivity index (χ0n) is 27.5. The molecule has 5 rings (SSSR count). The lowest BCUT2D eigenvalue weighted by molar-refractivity contribution is -0.320. The van der Waals surface area contributed by atoms with Crippen molar-refractivity contribution in [2.75, 3.05) is 31.1 Å². The van der Waals surface area contributed by atoms with Gasteiger partial charge in [0.05, 0.1) is 22.8 Å². The van der Waals surface area contributed by atoms with Gasteiger partial charge in [-0.2, -0.15) is 26.3 Å². The van der Waals surface area contributed by atoms with Gasteiger partial charge in [0, 0.05) is 60.8 Å². The van der Waals surface area contributed by atoms with Crippen LogP contribution in [-0.4, -0.2) is 53.4 Å². The Hall–Kier alpha value is -4.43. The summed E-state index contributed by atoms with van der Waals surface area (Å²) >= 11 is 1.31. The summed E-state index contributed by atoms with van der Waals surface area (Å²) in [7, 11) is 0. The van der Waals surface area contributed by atoms with Crippen molar-refractivity contribution in [3.63, 3.8) is 0 Å². The number of nitrogens with zero attached hydrogens (tertiary/aromatic N) is 3. The van der Waals surface area contributed by atoms with Crippen molar-refractivity contribution in [3.8, 4) is 16.3 Å². The number of thiazole rings is 1. The third kappa shape index (κ3) is 8.83. The minimum absolute atomic E-state index is 0.119. The number of carboxylic acids is 1. The minimum Gasteiger partial charge on any atom is -0.546 e. The lowest BCUT2D eigenvalue weighted by atomic mass is 10.0. The number of piperazine rings is 1. The van der Waals surface area contributed by atoms with E-state index in [1.807, 2.05) is 4.90 Å². The predicted molar refractivity (Wildman–Crippen MR) is 175 cm³/mol. The minimum atomic E-state index is -4.48. The van der Waals surface area contributed by atoms with Crippen LogP contribution in [0.5, 0.6) is 5.75 Å². The smallest absolute Gasteiger partial charge is 0.416 e. The first-order chi connectivity index (χ1) is 23.4. The Balaban J connectivity index is 1.30. The zero-order valence-corrected chi connectivity index (χ0v) is 28.3. The molecule has 50 heavy (non-hydrogen) atoms. The van der Waals surface area contributed by atoms with Crippen molar-refractivity contribution < 1.29 is 45.8 Å². The van der Waals surface area contributed by atoms with Crippen LogP contribution in [-0.2, 0) is 30.1 Å². The third-order valence-electron chi connectivity index (χ3n) is 8.48. The second-order valence-electron chi connectivity index (χ2n) is 12.6. The number of benzene rings is 3. The standard InChI is InChI=1S/C36H35F6N3O4S/c1-22-20-24(6-14-30(22)49-34(2,3)33(47)48)29(46)13-15-31-28(43-32(50-31)23-4-7-25(8-5-23)35(37,38)39)21-44-16-18-45(19-17-44)27-11-9-26(10-12-27)36(40,41)42/h4-12,14,20H,13,15-19,21H2,1-3H3,(H,47,48)/p-1. The van der Waals surface area contributed by atoms with Crippen LogP contribution in [0.4, 0.5) is 32.0 Å². The van der Waals surface area contributed by atoms with Gasteiger partial charge in [-0.15, -0.1) is 11.3 Å². The number of ether oxygens (including phenoxy) is 1. The normalized spacial score (nSPS) is 14.5. The molecule has 0 saturated carbocycles. The van der Waals surface area contributed by atoms with Crippen LogP contribution >= 0.6 is 11.3 Å². The van der Waals surface area contributed by atoms with Gasteiger partial charge in [-0.1, -0.05) is 12.1 Å². The number of hydrogen-bond donors (Lipinski definition) is 0. The molecule has 1 saturated heterocycles. The maximum absolute atomic E-state index is 13.3. The number of carbonyl (C=O) groups excluding carboxylic acids is 2. The largest absolute Gasteiger partial charge is 0.546 e. The highest BCUT2D eigenvalue weighted by atomic mass is 32.1. The molecule has 14 heteroatoms. The molecule has 0 unspecified atom stereocenters. The van der Waals surface area contributed by atoms with E-state index in [2.05, 4.69) is 4.90 Å². The first kappa shape index (κ1) is 36.8. The molecule has 3 aromatic carbocycles. The summed E-state index contributed by atoms with van der Waals surface area (Å²) in [6, 6.07) is 14.5. The Morgan fingerprint density at radius 1 is 0.860 bits per heavy atom. The van der Waals surface area contributed by atoms with Gasteiger partial charge in [-0.3, -0.25) is 9.69 Å². The van der Waals surface area contributed by atoms with Crippen molar-refractivity contribution in [1.82, 2.24) is 9.88 Å². The van der Waals surface area contributed by atoms with E-state index < -0.39 is 35.0 Å². The molecule has 0 atom stereocenters. The van der Waals surface area contributed by atoms with Gasteiger partial charge in [-0.05, 0) is 87.4 Å². The number of ketones is 1. The Bertz CT molecular complexity index is 1830. The summed E-state index contributed by atoms with van der Waals surface area (Å²) in [5.74, 6) is -1.24. The van der Waals surface area contributed by atoms with Crippen LogP contribution in [0.3, 0.4) is 0 Å². The number of aryl methyl sites for hydroxylation is 2. The molecular weight excluding hydrogens is 684 g/mol. The van der Waals surface area contributed by atoms with Gasteiger partial charge >= 0.3 is 12.4 Å². The first-order valence-electron chi connectivity index (χ1n) is 15.8. The van der Waals surface area contributed by atoms with Gasteiger partial charge in [0.25, 0.3) is 0 Å². The number of alkyl halides is 6. The Kier molecular flexibility index (Phi) is 10.6. The van der Waals surface area contributed by atoms with Crippen molar-refractivity contribution >= 4 is 28.8 Å². The fourth-order valence-corrected chi connectivity index (χ4v) is 6.57. The Labute approximate surface area is 289 Å². The molecule has 7 nitrogen and oxygen atoms in total. The van der Waals surface area contributed by atoms with Gasteiger partial charge < -0.3 is 19.5 Å². The van der Waals surface area contributed by atoms with Crippen LogP contribution in [0.1, 0.15) is 57.9 Å². The highest BCUT2D eigenvalue weighted by molar-refractivity contribution is 7.15. The lowest BCUT2D eigenvalue weighted by Crippen LogP contribution is -2.48. The molecule has 0 radical (unpaired) electrons.